The molecule has 2 aliphatic rings. The third-order valence-corrected chi connectivity index (χ3v) is 8.44. The van der Waals surface area contributed by atoms with E-state index >= 15 is 0 Å². The fraction of sp³-hybridized carbons (Fsp3) is 0.400. The Morgan fingerprint density at radius 2 is 1.82 bits per heavy atom. The molecule has 45 heavy (non-hydrogen) atoms. The number of nitrogens with zero attached hydrogens (tertiary/aromatic N) is 4. The van der Waals surface area contributed by atoms with Crippen LogP contribution in [0.15, 0.2) is 59.9 Å². The van der Waals surface area contributed by atoms with Crippen LogP contribution in [0.4, 0.5) is 26.7 Å². The SMILES string of the molecule is CC1(NC(=O)OCC(c2ccc(Cl)c(-n3cccn3)c2)N2C(=O)[C@@](CC(C)(C)C(F)(F)F)(c3cc(F)cc(F)c3)N=C2N)CC1. The molecule has 1 fully saturated rings. The number of carbonyl (C=O) groups excluding carboxylic acids is 2. The Bertz CT molecular complexity index is 1640. The van der Waals surface area contributed by atoms with Crippen LogP contribution in [0.2, 0.25) is 5.02 Å². The average Bonchev–Trinajstić information content (AvgIpc) is 3.31. The van der Waals surface area contributed by atoms with Gasteiger partial charge < -0.3 is 15.8 Å². The average molecular weight is 653 g/mol. The predicted octanol–water partition coefficient (Wildman–Crippen LogP) is 6.15. The molecule has 1 saturated carbocycles. The van der Waals surface area contributed by atoms with E-state index in [-0.39, 0.29) is 5.02 Å². The van der Waals surface area contributed by atoms with Crippen LogP contribution in [-0.2, 0) is 15.1 Å². The maximum Gasteiger partial charge on any atom is 0.407 e. The molecule has 0 radical (unpaired) electrons. The first-order chi connectivity index (χ1) is 20.9. The van der Waals surface area contributed by atoms with Gasteiger partial charge in [-0.25, -0.2) is 23.2 Å². The van der Waals surface area contributed by atoms with Gasteiger partial charge in [0.2, 0.25) is 0 Å². The van der Waals surface area contributed by atoms with E-state index in [2.05, 4.69) is 15.4 Å². The van der Waals surface area contributed by atoms with Gasteiger partial charge >= 0.3 is 12.3 Å². The molecule has 240 valence electrons. The number of nitrogens with two attached hydrogens (primary N) is 1. The summed E-state index contributed by atoms with van der Waals surface area (Å²) in [6, 6.07) is 6.99. The molecule has 15 heteroatoms. The molecule has 2 heterocycles. The van der Waals surface area contributed by atoms with E-state index in [4.69, 9.17) is 22.1 Å². The van der Waals surface area contributed by atoms with E-state index in [0.717, 1.165) is 43.7 Å². The van der Waals surface area contributed by atoms with Crippen molar-refractivity contribution in [3.8, 4) is 5.69 Å². The van der Waals surface area contributed by atoms with Gasteiger partial charge in [0.1, 0.15) is 18.2 Å². The van der Waals surface area contributed by atoms with E-state index in [9.17, 15) is 31.5 Å². The summed E-state index contributed by atoms with van der Waals surface area (Å²) in [5, 5.41) is 7.17. The number of ether oxygens (including phenoxy) is 1. The van der Waals surface area contributed by atoms with Gasteiger partial charge in [-0.15, -0.1) is 0 Å². The molecule has 1 aromatic heterocycles. The molecule has 5 rings (SSSR count). The number of nitrogens with one attached hydrogen (secondary N) is 1. The van der Waals surface area contributed by atoms with Crippen LogP contribution < -0.4 is 11.1 Å². The summed E-state index contributed by atoms with van der Waals surface area (Å²) in [5.41, 5.74) is 1.02. The molecular formula is C30H30ClF5N6O3. The largest absolute Gasteiger partial charge is 0.447 e. The second kappa shape index (κ2) is 11.3. The normalized spacial score (nSPS) is 20.2. The number of amides is 2. The highest BCUT2D eigenvalue weighted by Crippen LogP contribution is 2.51. The molecule has 3 N–H and O–H groups in total. The van der Waals surface area contributed by atoms with Gasteiger partial charge in [0, 0.05) is 24.0 Å². The fourth-order valence-corrected chi connectivity index (χ4v) is 5.44. The van der Waals surface area contributed by atoms with Crippen LogP contribution >= 0.6 is 11.6 Å². The molecule has 0 bridgehead atoms. The number of alkyl halides is 3. The Balaban J connectivity index is 1.61. The number of hydrogen-bond donors (Lipinski definition) is 2. The van der Waals surface area contributed by atoms with Crippen molar-refractivity contribution in [1.82, 2.24) is 20.0 Å². The summed E-state index contributed by atoms with van der Waals surface area (Å²) < 4.78 is 78.5. The minimum Gasteiger partial charge on any atom is -0.447 e. The zero-order chi connectivity index (χ0) is 32.9. The van der Waals surface area contributed by atoms with Gasteiger partial charge in [0.25, 0.3) is 5.91 Å². The number of halogens is 6. The van der Waals surface area contributed by atoms with E-state index in [1.807, 2.05) is 6.92 Å². The molecule has 2 aromatic carbocycles. The van der Waals surface area contributed by atoms with Gasteiger partial charge in [-0.3, -0.25) is 9.69 Å². The van der Waals surface area contributed by atoms with Crippen LogP contribution in [-0.4, -0.2) is 51.0 Å². The lowest BCUT2D eigenvalue weighted by Gasteiger charge is -2.37. The highest BCUT2D eigenvalue weighted by molar-refractivity contribution is 6.32. The van der Waals surface area contributed by atoms with Crippen LogP contribution in [0, 0.1) is 17.0 Å². The zero-order valence-electron chi connectivity index (χ0n) is 24.5. The molecule has 0 spiro atoms. The molecule has 2 atom stereocenters. The Morgan fingerprint density at radius 3 is 2.40 bits per heavy atom. The quantitative estimate of drug-likeness (QED) is 0.269. The van der Waals surface area contributed by atoms with Crippen molar-refractivity contribution in [3.63, 3.8) is 0 Å². The molecule has 1 unspecified atom stereocenters. The van der Waals surface area contributed by atoms with Crippen LogP contribution in [0.3, 0.4) is 0 Å². The van der Waals surface area contributed by atoms with Crippen molar-refractivity contribution in [3.05, 3.63) is 82.6 Å². The molecule has 1 aliphatic carbocycles. The van der Waals surface area contributed by atoms with Gasteiger partial charge in [0.05, 0.1) is 22.2 Å². The summed E-state index contributed by atoms with van der Waals surface area (Å²) in [6.07, 6.45) is -2.06. The van der Waals surface area contributed by atoms with Crippen molar-refractivity contribution in [2.75, 3.05) is 6.61 Å². The second-order valence-electron chi connectivity index (χ2n) is 12.2. The Morgan fingerprint density at radius 1 is 1.16 bits per heavy atom. The van der Waals surface area contributed by atoms with E-state index in [1.165, 1.54) is 23.0 Å². The highest BCUT2D eigenvalue weighted by atomic mass is 35.5. The molecule has 0 saturated heterocycles. The lowest BCUT2D eigenvalue weighted by atomic mass is 9.74. The standard InChI is InChI=1S/C30H30ClF5N6O3/c1-27(2,30(34,35)36)16-29(18-12-19(32)14-20(33)13-18)24(43)42(25(37)39-29)23(15-45-26(44)40-28(3)7-8-28)17-5-6-21(31)22(11-17)41-10-4-9-38-41/h4-6,9-14,23H,7-8,15-16H2,1-3H3,(H2,37,39)(H,40,44)/t23?,29-/m1/s1. The number of alkyl carbamates (subject to hydrolysis) is 1. The number of guanidine groups is 1. The molecular weight excluding hydrogens is 623 g/mol. The zero-order valence-corrected chi connectivity index (χ0v) is 25.2. The number of aliphatic imine (C=N–C) groups is 1. The monoisotopic (exact) mass is 652 g/mol. The number of aromatic nitrogens is 2. The van der Waals surface area contributed by atoms with E-state index < -0.39 is 76.9 Å². The Labute approximate surface area is 260 Å². The number of benzene rings is 2. The maximum atomic E-state index is 14.5. The van der Waals surface area contributed by atoms with E-state index in [1.54, 1.807) is 18.3 Å². The lowest BCUT2D eigenvalue weighted by Crippen LogP contribution is -2.49. The van der Waals surface area contributed by atoms with Crippen LogP contribution in [0.25, 0.3) is 5.69 Å². The summed E-state index contributed by atoms with van der Waals surface area (Å²) >= 11 is 6.42. The lowest BCUT2D eigenvalue weighted by molar-refractivity contribution is -0.218. The topological polar surface area (TPSA) is 115 Å². The summed E-state index contributed by atoms with van der Waals surface area (Å²) in [4.78, 5) is 32.3. The van der Waals surface area contributed by atoms with Crippen LogP contribution in [0.5, 0.6) is 0 Å². The van der Waals surface area contributed by atoms with Crippen LogP contribution in [0.1, 0.15) is 57.2 Å². The summed E-state index contributed by atoms with van der Waals surface area (Å²) in [7, 11) is 0. The highest BCUT2D eigenvalue weighted by Gasteiger charge is 2.59. The third-order valence-electron chi connectivity index (χ3n) is 8.12. The number of carbonyl (C=O) groups is 2. The van der Waals surface area contributed by atoms with Gasteiger partial charge in [-0.05, 0) is 67.6 Å². The van der Waals surface area contributed by atoms with Crippen molar-refractivity contribution in [2.45, 2.75) is 63.3 Å². The van der Waals surface area contributed by atoms with Crippen molar-refractivity contribution in [2.24, 2.45) is 16.1 Å². The fourth-order valence-electron chi connectivity index (χ4n) is 5.23. The summed E-state index contributed by atoms with van der Waals surface area (Å²) in [5.74, 6) is -3.88. The molecule has 9 nitrogen and oxygen atoms in total. The smallest absolute Gasteiger partial charge is 0.407 e. The predicted molar refractivity (Wildman–Crippen MR) is 154 cm³/mol. The van der Waals surface area contributed by atoms with Crippen molar-refractivity contribution >= 4 is 29.6 Å². The second-order valence-corrected chi connectivity index (χ2v) is 12.6. The molecule has 1 aliphatic heterocycles. The van der Waals surface area contributed by atoms with Crippen molar-refractivity contribution < 1.29 is 36.3 Å². The maximum absolute atomic E-state index is 14.5. The van der Waals surface area contributed by atoms with Gasteiger partial charge in [-0.2, -0.15) is 18.3 Å². The number of hydrogen-bond acceptors (Lipinski definition) is 6. The first-order valence-electron chi connectivity index (χ1n) is 13.9. The minimum absolute atomic E-state index is 0.271. The minimum atomic E-state index is -4.84. The number of rotatable bonds is 9. The Kier molecular flexibility index (Phi) is 8.09. The molecule has 2 amide bonds. The third kappa shape index (κ3) is 6.33. The first-order valence-corrected chi connectivity index (χ1v) is 14.3. The molecule has 3 aromatic rings. The van der Waals surface area contributed by atoms with Crippen molar-refractivity contribution in [1.29, 1.82) is 0 Å². The Hall–Kier alpha value is -4.20. The van der Waals surface area contributed by atoms with Gasteiger partial charge in [-0.1, -0.05) is 31.5 Å². The first kappa shape index (κ1) is 32.2. The van der Waals surface area contributed by atoms with E-state index in [0.29, 0.717) is 17.3 Å². The van der Waals surface area contributed by atoms with Gasteiger partial charge in [0.15, 0.2) is 11.5 Å². The summed E-state index contributed by atoms with van der Waals surface area (Å²) in [6.45, 7) is 3.02.